The summed E-state index contributed by atoms with van der Waals surface area (Å²) in [4.78, 5) is 10.2. The first-order valence-electron chi connectivity index (χ1n) is 3.87. The van der Waals surface area contributed by atoms with Crippen molar-refractivity contribution in [1.29, 1.82) is 0 Å². The predicted octanol–water partition coefficient (Wildman–Crippen LogP) is 1.25. The van der Waals surface area contributed by atoms with Crippen LogP contribution in [-0.2, 0) is 14.3 Å². The third-order valence-electron chi connectivity index (χ3n) is 1.06. The summed E-state index contributed by atoms with van der Waals surface area (Å²) in [7, 11) is 0. The molecule has 0 aromatic rings. The van der Waals surface area contributed by atoms with E-state index >= 15 is 0 Å². The molecule has 0 aromatic heterocycles. The fourth-order valence-corrected chi connectivity index (χ4v) is 0.837. The average Bonchev–Trinajstić information content (AvgIpc) is 1.81. The van der Waals surface area contributed by atoms with Gasteiger partial charge >= 0.3 is 5.97 Å². The summed E-state index contributed by atoms with van der Waals surface area (Å²) in [6.45, 7) is 6.78. The van der Waals surface area contributed by atoms with E-state index in [4.69, 9.17) is 14.6 Å². The summed E-state index contributed by atoms with van der Waals surface area (Å²) in [5.74, 6) is -1.82. The van der Waals surface area contributed by atoms with Crippen LogP contribution >= 0.6 is 0 Å². The molecule has 0 radical (unpaired) electrons. The maximum atomic E-state index is 10.2. The lowest BCUT2D eigenvalue weighted by Crippen LogP contribution is -2.33. The van der Waals surface area contributed by atoms with Gasteiger partial charge in [0.15, 0.2) is 5.79 Å². The van der Waals surface area contributed by atoms with E-state index in [-0.39, 0.29) is 12.7 Å². The van der Waals surface area contributed by atoms with Gasteiger partial charge in [-0.2, -0.15) is 0 Å². The standard InChI is InChI=1S/C8H16O4/c1-6(2)12-8(3,4)11-5-7(9)10/h6H,5H2,1-4H3,(H,9,10). The molecule has 4 nitrogen and oxygen atoms in total. The van der Waals surface area contributed by atoms with Crippen molar-refractivity contribution in [1.82, 2.24) is 0 Å². The molecule has 0 amide bonds. The number of carboxylic acids is 1. The largest absolute Gasteiger partial charge is 0.480 e. The molecule has 0 spiro atoms. The maximum Gasteiger partial charge on any atom is 0.329 e. The van der Waals surface area contributed by atoms with Crippen LogP contribution in [0.15, 0.2) is 0 Å². The van der Waals surface area contributed by atoms with Gasteiger partial charge in [-0.05, 0) is 27.7 Å². The first kappa shape index (κ1) is 11.4. The molecular formula is C8H16O4. The van der Waals surface area contributed by atoms with Crippen LogP contribution in [-0.4, -0.2) is 29.6 Å². The van der Waals surface area contributed by atoms with Crippen molar-refractivity contribution >= 4 is 5.97 Å². The van der Waals surface area contributed by atoms with Crippen LogP contribution in [0.2, 0.25) is 0 Å². The van der Waals surface area contributed by atoms with Gasteiger partial charge < -0.3 is 14.6 Å². The second kappa shape index (κ2) is 4.42. The van der Waals surface area contributed by atoms with E-state index in [2.05, 4.69) is 0 Å². The zero-order valence-corrected chi connectivity index (χ0v) is 7.96. The molecule has 0 rings (SSSR count). The van der Waals surface area contributed by atoms with Crippen LogP contribution in [0.4, 0.5) is 0 Å². The van der Waals surface area contributed by atoms with Crippen LogP contribution in [0.3, 0.4) is 0 Å². The normalized spacial score (nSPS) is 12.1. The lowest BCUT2D eigenvalue weighted by molar-refractivity contribution is -0.232. The minimum atomic E-state index is -0.990. The molecule has 0 aliphatic rings. The van der Waals surface area contributed by atoms with E-state index < -0.39 is 11.8 Å². The molecule has 1 N–H and O–H groups in total. The minimum absolute atomic E-state index is 0.0220. The van der Waals surface area contributed by atoms with E-state index in [1.165, 1.54) is 0 Å². The molecule has 0 aromatic carbocycles. The highest BCUT2D eigenvalue weighted by molar-refractivity contribution is 5.68. The van der Waals surface area contributed by atoms with Crippen molar-refractivity contribution in [3.05, 3.63) is 0 Å². The molecule has 4 heteroatoms. The topological polar surface area (TPSA) is 55.8 Å². The van der Waals surface area contributed by atoms with Gasteiger partial charge in [-0.3, -0.25) is 0 Å². The van der Waals surface area contributed by atoms with Crippen molar-refractivity contribution in [2.24, 2.45) is 0 Å². The Bertz CT molecular complexity index is 151. The van der Waals surface area contributed by atoms with Crippen LogP contribution in [0.5, 0.6) is 0 Å². The molecule has 0 bridgehead atoms. The van der Waals surface area contributed by atoms with Crippen molar-refractivity contribution in [3.63, 3.8) is 0 Å². The summed E-state index contributed by atoms with van der Waals surface area (Å²) in [5, 5.41) is 8.33. The Morgan fingerprint density at radius 1 is 1.50 bits per heavy atom. The third kappa shape index (κ3) is 6.12. The highest BCUT2D eigenvalue weighted by atomic mass is 16.7. The molecule has 0 atom stereocenters. The van der Waals surface area contributed by atoms with Crippen molar-refractivity contribution in [2.45, 2.75) is 39.6 Å². The van der Waals surface area contributed by atoms with Gasteiger partial charge in [0.1, 0.15) is 6.61 Å². The Labute approximate surface area is 72.5 Å². The third-order valence-corrected chi connectivity index (χ3v) is 1.06. The fraction of sp³-hybridized carbons (Fsp3) is 0.875. The fourth-order valence-electron chi connectivity index (χ4n) is 0.837. The number of rotatable bonds is 5. The van der Waals surface area contributed by atoms with E-state index in [1.54, 1.807) is 13.8 Å². The van der Waals surface area contributed by atoms with E-state index in [1.807, 2.05) is 13.8 Å². The molecular weight excluding hydrogens is 160 g/mol. The first-order chi connectivity index (χ1) is 5.33. The van der Waals surface area contributed by atoms with Gasteiger partial charge in [0, 0.05) is 0 Å². The van der Waals surface area contributed by atoms with Crippen molar-refractivity contribution < 1.29 is 19.4 Å². The quantitative estimate of drug-likeness (QED) is 0.640. The summed E-state index contributed by atoms with van der Waals surface area (Å²) < 4.78 is 10.3. The van der Waals surface area contributed by atoms with Gasteiger partial charge in [0.25, 0.3) is 0 Å². The van der Waals surface area contributed by atoms with Crippen LogP contribution in [0.1, 0.15) is 27.7 Å². The summed E-state index contributed by atoms with van der Waals surface area (Å²) >= 11 is 0. The Hall–Kier alpha value is -0.610. The number of hydrogen-bond donors (Lipinski definition) is 1. The van der Waals surface area contributed by atoms with Crippen LogP contribution in [0, 0.1) is 0 Å². The van der Waals surface area contributed by atoms with Crippen molar-refractivity contribution in [2.75, 3.05) is 6.61 Å². The summed E-state index contributed by atoms with van der Waals surface area (Å²) in [6.07, 6.45) is 0.0220. The second-order valence-electron chi connectivity index (χ2n) is 3.25. The van der Waals surface area contributed by atoms with Gasteiger partial charge in [-0.1, -0.05) is 0 Å². The van der Waals surface area contributed by atoms with Crippen molar-refractivity contribution in [3.8, 4) is 0 Å². The zero-order valence-electron chi connectivity index (χ0n) is 7.96. The number of aliphatic carboxylic acids is 1. The Morgan fingerprint density at radius 2 is 2.00 bits per heavy atom. The predicted molar refractivity (Wildman–Crippen MR) is 43.9 cm³/mol. The monoisotopic (exact) mass is 176 g/mol. The molecule has 12 heavy (non-hydrogen) atoms. The van der Waals surface area contributed by atoms with Crippen LogP contribution < -0.4 is 0 Å². The van der Waals surface area contributed by atoms with E-state index in [0.717, 1.165) is 0 Å². The lowest BCUT2D eigenvalue weighted by Gasteiger charge is -2.26. The first-order valence-corrected chi connectivity index (χ1v) is 3.87. The SMILES string of the molecule is CC(C)OC(C)(C)OCC(=O)O. The molecule has 0 aliphatic heterocycles. The molecule has 0 heterocycles. The average molecular weight is 176 g/mol. The van der Waals surface area contributed by atoms with Gasteiger partial charge in [0.2, 0.25) is 0 Å². The Balaban J connectivity index is 3.78. The smallest absolute Gasteiger partial charge is 0.329 e. The summed E-state index contributed by atoms with van der Waals surface area (Å²) in [5.41, 5.74) is 0. The van der Waals surface area contributed by atoms with Gasteiger partial charge in [-0.25, -0.2) is 4.79 Å². The Kier molecular flexibility index (Phi) is 4.20. The number of hydrogen-bond acceptors (Lipinski definition) is 3. The maximum absolute atomic E-state index is 10.2. The highest BCUT2D eigenvalue weighted by Gasteiger charge is 2.21. The molecule has 0 unspecified atom stereocenters. The lowest BCUT2D eigenvalue weighted by atomic mass is 10.3. The number of ether oxygens (including phenoxy) is 2. The second-order valence-corrected chi connectivity index (χ2v) is 3.25. The van der Waals surface area contributed by atoms with Gasteiger partial charge in [0.05, 0.1) is 6.10 Å². The highest BCUT2D eigenvalue weighted by Crippen LogP contribution is 2.13. The van der Waals surface area contributed by atoms with Crippen LogP contribution in [0.25, 0.3) is 0 Å². The number of carboxylic acid groups (broad SMARTS) is 1. The molecule has 0 fully saturated rings. The van der Waals surface area contributed by atoms with E-state index in [9.17, 15) is 4.79 Å². The summed E-state index contributed by atoms with van der Waals surface area (Å²) in [6, 6.07) is 0. The zero-order chi connectivity index (χ0) is 9.78. The molecule has 0 saturated carbocycles. The Morgan fingerprint density at radius 3 is 2.33 bits per heavy atom. The number of carbonyl (C=O) groups is 1. The van der Waals surface area contributed by atoms with Gasteiger partial charge in [-0.15, -0.1) is 0 Å². The molecule has 0 aliphatic carbocycles. The minimum Gasteiger partial charge on any atom is -0.480 e. The molecule has 72 valence electrons. The molecule has 0 saturated heterocycles. The van der Waals surface area contributed by atoms with E-state index in [0.29, 0.717) is 0 Å².